The highest BCUT2D eigenvalue weighted by Crippen LogP contribution is 2.33. The monoisotopic (exact) mass is 441 g/mol. The highest BCUT2D eigenvalue weighted by Gasteiger charge is 2.40. The van der Waals surface area contributed by atoms with E-state index in [1.165, 1.54) is 0 Å². The van der Waals surface area contributed by atoms with E-state index in [-0.39, 0.29) is 6.54 Å². The summed E-state index contributed by atoms with van der Waals surface area (Å²) in [4.78, 5) is 12.2. The summed E-state index contributed by atoms with van der Waals surface area (Å²) in [6.45, 7) is -0.00778. The molecule has 30 heavy (non-hydrogen) atoms. The van der Waals surface area contributed by atoms with E-state index in [1.54, 1.807) is 0 Å². The van der Waals surface area contributed by atoms with E-state index >= 15 is 0 Å². The van der Waals surface area contributed by atoms with Crippen LogP contribution in [-0.2, 0) is 23.9 Å². The van der Waals surface area contributed by atoms with Crippen LogP contribution in [-0.4, -0.2) is 41.9 Å². The van der Waals surface area contributed by atoms with Crippen LogP contribution in [0.15, 0.2) is 18.2 Å². The fourth-order valence-corrected chi connectivity index (χ4v) is 2.75. The van der Waals surface area contributed by atoms with Crippen molar-refractivity contribution >= 4 is 5.97 Å². The zero-order chi connectivity index (χ0) is 22.6. The Bertz CT molecular complexity index is 876. The van der Waals surface area contributed by atoms with Crippen molar-refractivity contribution in [2.45, 2.75) is 38.5 Å². The first-order valence-electron chi connectivity index (χ1n) is 8.67. The normalized spacial score (nSPS) is 13.0. The lowest BCUT2D eigenvalue weighted by molar-refractivity contribution is -0.142. The van der Waals surface area contributed by atoms with Crippen molar-refractivity contribution in [3.05, 3.63) is 52.3 Å². The fraction of sp³-hybridized carbons (Fsp3) is 0.444. The molecule has 0 saturated heterocycles. The van der Waals surface area contributed by atoms with Gasteiger partial charge in [0.15, 0.2) is 11.4 Å². The molecule has 0 radical (unpaired) electrons. The summed E-state index contributed by atoms with van der Waals surface area (Å²) in [6, 6.07) is 1.58. The van der Waals surface area contributed by atoms with E-state index < -0.39 is 71.7 Å². The van der Waals surface area contributed by atoms with Gasteiger partial charge in [-0.2, -0.15) is 18.3 Å². The number of aromatic nitrogens is 2. The van der Waals surface area contributed by atoms with Gasteiger partial charge < -0.3 is 10.1 Å². The first-order valence-corrected chi connectivity index (χ1v) is 8.67. The van der Waals surface area contributed by atoms with Crippen LogP contribution in [0.25, 0.3) is 0 Å². The molecule has 0 aliphatic rings. The molecule has 2 aromatic rings. The summed E-state index contributed by atoms with van der Waals surface area (Å²) in [6.07, 6.45) is -8.26. The molecule has 1 heterocycles. The molecule has 166 valence electrons. The van der Waals surface area contributed by atoms with E-state index in [9.17, 15) is 35.5 Å². The Labute approximate surface area is 166 Å². The Morgan fingerprint density at radius 3 is 2.30 bits per heavy atom. The number of halogens is 7. The van der Waals surface area contributed by atoms with Crippen molar-refractivity contribution in [2.75, 3.05) is 13.7 Å². The predicted octanol–water partition coefficient (Wildman–Crippen LogP) is 3.80. The lowest BCUT2D eigenvalue weighted by Crippen LogP contribution is -2.34. The van der Waals surface area contributed by atoms with Gasteiger partial charge in [-0.05, 0) is 32.0 Å². The minimum Gasteiger partial charge on any atom is -0.464 e. The molecule has 0 bridgehead atoms. The van der Waals surface area contributed by atoms with Crippen LogP contribution in [0.3, 0.4) is 0 Å². The maximum absolute atomic E-state index is 14.0. The van der Waals surface area contributed by atoms with Crippen LogP contribution in [0.5, 0.6) is 0 Å². The smallest absolute Gasteiger partial charge is 0.435 e. The van der Waals surface area contributed by atoms with Gasteiger partial charge in [-0.3, -0.25) is 4.68 Å². The number of rotatable bonds is 8. The maximum atomic E-state index is 14.0. The van der Waals surface area contributed by atoms with E-state index in [2.05, 4.69) is 15.2 Å². The summed E-state index contributed by atoms with van der Waals surface area (Å²) in [5, 5.41) is 5.69. The van der Waals surface area contributed by atoms with Crippen LogP contribution in [0.1, 0.15) is 34.2 Å². The number of hydrogen-bond acceptors (Lipinski definition) is 4. The van der Waals surface area contributed by atoms with Crippen molar-refractivity contribution in [1.29, 1.82) is 0 Å². The number of ether oxygens (including phenoxy) is 1. The Kier molecular flexibility index (Phi) is 7.45. The molecular weight excluding hydrogens is 423 g/mol. The topological polar surface area (TPSA) is 56.1 Å². The number of methoxy groups -OCH3 is 1. The number of nitrogens with zero attached hydrogens (tertiary/aromatic N) is 2. The molecule has 2 rings (SSSR count). The quantitative estimate of drug-likeness (QED) is 0.500. The Hall–Kier alpha value is -2.63. The molecule has 1 N–H and O–H groups in total. The van der Waals surface area contributed by atoms with Gasteiger partial charge in [0, 0.05) is 11.1 Å². The molecule has 0 aliphatic carbocycles. The Balaban J connectivity index is 2.51. The van der Waals surface area contributed by atoms with Crippen molar-refractivity contribution in [3.63, 3.8) is 0 Å². The number of esters is 1. The third kappa shape index (κ3) is 5.29. The zero-order valence-corrected chi connectivity index (χ0v) is 15.9. The summed E-state index contributed by atoms with van der Waals surface area (Å²) < 4.78 is 98.6. The molecule has 1 aromatic heterocycles. The van der Waals surface area contributed by atoms with Crippen LogP contribution in [0, 0.1) is 11.6 Å². The first kappa shape index (κ1) is 23.6. The zero-order valence-electron chi connectivity index (χ0n) is 15.9. The average Bonchev–Trinajstić information content (AvgIpc) is 3.02. The molecule has 0 spiro atoms. The van der Waals surface area contributed by atoms with Crippen molar-refractivity contribution in [2.24, 2.45) is 0 Å². The second-order valence-corrected chi connectivity index (χ2v) is 6.35. The lowest BCUT2D eigenvalue weighted by Gasteiger charge is -2.13. The van der Waals surface area contributed by atoms with Gasteiger partial charge in [0.05, 0.1) is 19.7 Å². The number of carbonyl (C=O) groups is 1. The minimum absolute atomic E-state index is 0.335. The van der Waals surface area contributed by atoms with Gasteiger partial charge in [-0.25, -0.2) is 22.4 Å². The largest absolute Gasteiger partial charge is 0.464 e. The van der Waals surface area contributed by atoms with Gasteiger partial charge in [-0.15, -0.1) is 0 Å². The highest BCUT2D eigenvalue weighted by atomic mass is 19.4. The predicted molar refractivity (Wildman–Crippen MR) is 91.2 cm³/mol. The third-order valence-corrected chi connectivity index (χ3v) is 4.29. The Morgan fingerprint density at radius 2 is 1.80 bits per heavy atom. The first-order chi connectivity index (χ1) is 14.0. The standard InChI is InChI=1S/C18H18F7N3O2/c1-9(16(21)22)26-7-6-10-14(17(29)30-2)28(27-15(10)18(23,24)25)8-11-12(19)4-3-5-13(11)20/h3-5,9,16,26H,6-8H2,1-2H3. The molecule has 12 heteroatoms. The molecule has 0 fully saturated rings. The van der Waals surface area contributed by atoms with Crippen molar-refractivity contribution in [1.82, 2.24) is 15.1 Å². The molecular formula is C18H18F7N3O2. The molecule has 1 aromatic carbocycles. The highest BCUT2D eigenvalue weighted by molar-refractivity contribution is 5.89. The fourth-order valence-electron chi connectivity index (χ4n) is 2.75. The van der Waals surface area contributed by atoms with Gasteiger partial charge in [-0.1, -0.05) is 6.07 Å². The second-order valence-electron chi connectivity index (χ2n) is 6.35. The number of nitrogens with one attached hydrogen (secondary N) is 1. The van der Waals surface area contributed by atoms with E-state index in [1.807, 2.05) is 0 Å². The van der Waals surface area contributed by atoms with Crippen LogP contribution in [0.4, 0.5) is 30.7 Å². The van der Waals surface area contributed by atoms with Gasteiger partial charge >= 0.3 is 12.1 Å². The minimum atomic E-state index is -5.01. The number of carbonyl (C=O) groups excluding carboxylic acids is 1. The summed E-state index contributed by atoms with van der Waals surface area (Å²) in [5.41, 5.74) is -3.36. The van der Waals surface area contributed by atoms with Gasteiger partial charge in [0.1, 0.15) is 11.6 Å². The van der Waals surface area contributed by atoms with Crippen molar-refractivity contribution < 1.29 is 40.3 Å². The van der Waals surface area contributed by atoms with E-state index in [0.29, 0.717) is 4.68 Å². The average molecular weight is 441 g/mol. The summed E-state index contributed by atoms with van der Waals surface area (Å²) in [7, 11) is 0.914. The van der Waals surface area contributed by atoms with Crippen LogP contribution < -0.4 is 5.32 Å². The molecule has 1 atom stereocenters. The van der Waals surface area contributed by atoms with E-state index in [4.69, 9.17) is 0 Å². The number of alkyl halides is 5. The van der Waals surface area contributed by atoms with Crippen molar-refractivity contribution in [3.8, 4) is 0 Å². The number of hydrogen-bond donors (Lipinski definition) is 1. The summed E-state index contributed by atoms with van der Waals surface area (Å²) >= 11 is 0. The second kappa shape index (κ2) is 9.45. The van der Waals surface area contributed by atoms with Gasteiger partial charge in [0.2, 0.25) is 0 Å². The molecule has 0 saturated carbocycles. The number of benzene rings is 1. The van der Waals surface area contributed by atoms with Crippen LogP contribution in [0.2, 0.25) is 0 Å². The van der Waals surface area contributed by atoms with Gasteiger partial charge in [0.25, 0.3) is 6.43 Å². The Morgan fingerprint density at radius 1 is 1.20 bits per heavy atom. The molecule has 1 unspecified atom stereocenters. The molecule has 5 nitrogen and oxygen atoms in total. The molecule has 0 amide bonds. The SMILES string of the molecule is COC(=O)c1c(CCNC(C)C(F)F)c(C(F)(F)F)nn1Cc1c(F)cccc1F. The summed E-state index contributed by atoms with van der Waals surface area (Å²) in [5.74, 6) is -3.29. The molecule has 0 aliphatic heterocycles. The maximum Gasteiger partial charge on any atom is 0.435 e. The van der Waals surface area contributed by atoms with E-state index in [0.717, 1.165) is 32.2 Å². The third-order valence-electron chi connectivity index (χ3n) is 4.29. The lowest BCUT2D eigenvalue weighted by atomic mass is 10.1. The van der Waals surface area contributed by atoms with Crippen LogP contribution >= 0.6 is 0 Å².